The summed E-state index contributed by atoms with van der Waals surface area (Å²) in [6, 6.07) is 13.7. The van der Waals surface area contributed by atoms with Crippen LogP contribution < -0.4 is 9.64 Å². The lowest BCUT2D eigenvalue weighted by molar-refractivity contribution is -0.274. The number of aliphatic hydroxyl groups excluding tert-OH is 1. The molecule has 1 N–H and O–H groups in total. The molecule has 0 saturated carbocycles. The molecule has 0 fully saturated rings. The number of halogens is 3. The number of aliphatic hydroxyl groups is 1. The standard InChI is InChI=1S/C26H22F3N3O4/c1-14(2)16-5-7-17(8-6-16)22-21(23(33)18-9-11-19(12-10-18)36-26(27,28)29)24(34)25(35)32(22)20-13-4-15(3)30-31-20/h4-14,22,34H,1-3H3. The molecule has 2 heterocycles. The summed E-state index contributed by atoms with van der Waals surface area (Å²) in [6.45, 7) is 5.77. The molecule has 3 aromatic rings. The molecule has 1 unspecified atom stereocenters. The van der Waals surface area contributed by atoms with Crippen LogP contribution >= 0.6 is 0 Å². The van der Waals surface area contributed by atoms with E-state index in [0.29, 0.717) is 11.3 Å². The van der Waals surface area contributed by atoms with Gasteiger partial charge in [-0.05, 0) is 60.4 Å². The number of anilines is 1. The van der Waals surface area contributed by atoms with Crippen LogP contribution in [0.4, 0.5) is 19.0 Å². The molecule has 1 atom stereocenters. The summed E-state index contributed by atoms with van der Waals surface area (Å²) in [5.74, 6) is -2.46. The fourth-order valence-electron chi connectivity index (χ4n) is 3.94. The van der Waals surface area contributed by atoms with Gasteiger partial charge in [-0.2, -0.15) is 5.10 Å². The second kappa shape index (κ2) is 9.44. The smallest absolute Gasteiger partial charge is 0.503 e. The maximum absolute atomic E-state index is 13.5. The van der Waals surface area contributed by atoms with Crippen molar-refractivity contribution in [1.82, 2.24) is 10.2 Å². The first-order chi connectivity index (χ1) is 17.0. The van der Waals surface area contributed by atoms with Gasteiger partial charge in [-0.3, -0.25) is 14.5 Å². The zero-order valence-electron chi connectivity index (χ0n) is 19.6. The average Bonchev–Trinajstić information content (AvgIpc) is 3.09. The Morgan fingerprint density at radius 2 is 1.64 bits per heavy atom. The molecule has 2 aromatic carbocycles. The topological polar surface area (TPSA) is 92.6 Å². The number of carbonyl (C=O) groups excluding carboxylic acids is 2. The van der Waals surface area contributed by atoms with Crippen LogP contribution in [-0.4, -0.2) is 33.4 Å². The summed E-state index contributed by atoms with van der Waals surface area (Å²) < 4.78 is 41.4. The van der Waals surface area contributed by atoms with Crippen molar-refractivity contribution in [2.45, 2.75) is 39.1 Å². The zero-order valence-corrected chi connectivity index (χ0v) is 19.6. The van der Waals surface area contributed by atoms with E-state index in [0.717, 1.165) is 29.8 Å². The number of nitrogens with zero attached hydrogens (tertiary/aromatic N) is 3. The van der Waals surface area contributed by atoms with Crippen LogP contribution in [0.15, 0.2) is 72.0 Å². The molecule has 10 heteroatoms. The molecular formula is C26H22F3N3O4. The lowest BCUT2D eigenvalue weighted by Gasteiger charge is -2.26. The van der Waals surface area contributed by atoms with Gasteiger partial charge in [0.2, 0.25) is 0 Å². The molecule has 0 bridgehead atoms. The number of amides is 1. The number of hydrogen-bond acceptors (Lipinski definition) is 6. The van der Waals surface area contributed by atoms with Gasteiger partial charge in [0.05, 0.1) is 17.3 Å². The summed E-state index contributed by atoms with van der Waals surface area (Å²) >= 11 is 0. The molecule has 0 radical (unpaired) electrons. The van der Waals surface area contributed by atoms with Gasteiger partial charge in [0.15, 0.2) is 17.4 Å². The van der Waals surface area contributed by atoms with Crippen molar-refractivity contribution in [3.63, 3.8) is 0 Å². The number of aryl methyl sites for hydroxylation is 1. The van der Waals surface area contributed by atoms with Crippen molar-refractivity contribution >= 4 is 17.5 Å². The van der Waals surface area contributed by atoms with E-state index in [1.54, 1.807) is 31.2 Å². The van der Waals surface area contributed by atoms with E-state index in [1.165, 1.54) is 4.90 Å². The third-order valence-electron chi connectivity index (χ3n) is 5.75. The van der Waals surface area contributed by atoms with E-state index in [-0.39, 0.29) is 22.9 Å². The molecule has 1 aliphatic heterocycles. The molecule has 0 aliphatic carbocycles. The number of benzene rings is 2. The number of aromatic nitrogens is 2. The number of alkyl halides is 3. The Hall–Kier alpha value is -4.21. The normalized spacial score (nSPS) is 16.1. The Labute approximate surface area is 204 Å². The lowest BCUT2D eigenvalue weighted by Crippen LogP contribution is -2.32. The average molecular weight is 497 g/mol. The summed E-state index contributed by atoms with van der Waals surface area (Å²) in [5, 5.41) is 18.8. The van der Waals surface area contributed by atoms with Gasteiger partial charge in [0, 0.05) is 5.56 Å². The maximum atomic E-state index is 13.5. The predicted molar refractivity (Wildman–Crippen MR) is 125 cm³/mol. The quantitative estimate of drug-likeness (QED) is 0.447. The Balaban J connectivity index is 1.78. The Morgan fingerprint density at radius 1 is 1.00 bits per heavy atom. The van der Waals surface area contributed by atoms with Gasteiger partial charge in [-0.1, -0.05) is 38.1 Å². The maximum Gasteiger partial charge on any atom is 0.573 e. The highest BCUT2D eigenvalue weighted by Crippen LogP contribution is 2.41. The minimum absolute atomic E-state index is 0.0282. The number of ketones is 1. The van der Waals surface area contributed by atoms with Crippen molar-refractivity contribution in [1.29, 1.82) is 0 Å². The molecule has 1 aromatic heterocycles. The molecule has 186 valence electrons. The monoisotopic (exact) mass is 497 g/mol. The largest absolute Gasteiger partial charge is 0.573 e. The highest BCUT2D eigenvalue weighted by atomic mass is 19.4. The van der Waals surface area contributed by atoms with Gasteiger partial charge in [-0.15, -0.1) is 18.3 Å². The Bertz CT molecular complexity index is 1320. The summed E-state index contributed by atoms with van der Waals surface area (Å²) in [5.41, 5.74) is 1.94. The van der Waals surface area contributed by atoms with E-state index in [1.807, 2.05) is 26.0 Å². The second-order valence-electron chi connectivity index (χ2n) is 8.60. The fraction of sp³-hybridized carbons (Fsp3) is 0.231. The number of rotatable bonds is 6. The van der Waals surface area contributed by atoms with Crippen LogP contribution in [0.5, 0.6) is 5.75 Å². The van der Waals surface area contributed by atoms with Crippen LogP contribution in [0.1, 0.15) is 53.0 Å². The third kappa shape index (κ3) is 4.93. The van der Waals surface area contributed by atoms with Crippen molar-refractivity contribution in [3.8, 4) is 5.75 Å². The lowest BCUT2D eigenvalue weighted by atomic mass is 9.91. The minimum atomic E-state index is -4.88. The van der Waals surface area contributed by atoms with Gasteiger partial charge < -0.3 is 9.84 Å². The molecule has 36 heavy (non-hydrogen) atoms. The summed E-state index contributed by atoms with van der Waals surface area (Å²) in [4.78, 5) is 27.8. The summed E-state index contributed by atoms with van der Waals surface area (Å²) in [7, 11) is 0. The minimum Gasteiger partial charge on any atom is -0.503 e. The van der Waals surface area contributed by atoms with Crippen LogP contribution in [0.3, 0.4) is 0 Å². The first kappa shape index (κ1) is 24.9. The number of hydrogen-bond donors (Lipinski definition) is 1. The molecule has 1 aliphatic rings. The van der Waals surface area contributed by atoms with Gasteiger partial charge in [-0.25, -0.2) is 0 Å². The SMILES string of the molecule is Cc1ccc(N2C(=O)C(O)=C(C(=O)c3ccc(OC(F)(F)F)cc3)C2c2ccc(C(C)C)cc2)nn1. The predicted octanol–water partition coefficient (Wildman–Crippen LogP) is 5.59. The second-order valence-corrected chi connectivity index (χ2v) is 8.60. The first-order valence-electron chi connectivity index (χ1n) is 11.0. The number of ether oxygens (including phenoxy) is 1. The van der Waals surface area contributed by atoms with Crippen molar-refractivity contribution in [2.24, 2.45) is 0 Å². The highest BCUT2D eigenvalue weighted by molar-refractivity contribution is 6.20. The summed E-state index contributed by atoms with van der Waals surface area (Å²) in [6.07, 6.45) is -4.88. The Morgan fingerprint density at radius 3 is 2.17 bits per heavy atom. The van der Waals surface area contributed by atoms with E-state index >= 15 is 0 Å². The van der Waals surface area contributed by atoms with E-state index < -0.39 is 35.6 Å². The fourth-order valence-corrected chi connectivity index (χ4v) is 3.94. The van der Waals surface area contributed by atoms with E-state index in [4.69, 9.17) is 0 Å². The number of carbonyl (C=O) groups is 2. The van der Waals surface area contributed by atoms with Crippen LogP contribution in [0, 0.1) is 6.92 Å². The molecule has 0 spiro atoms. The first-order valence-corrected chi connectivity index (χ1v) is 11.0. The molecular weight excluding hydrogens is 475 g/mol. The van der Waals surface area contributed by atoms with E-state index in [2.05, 4.69) is 14.9 Å². The van der Waals surface area contributed by atoms with Crippen molar-refractivity contribution in [2.75, 3.05) is 4.90 Å². The van der Waals surface area contributed by atoms with Gasteiger partial charge in [0.1, 0.15) is 5.75 Å². The van der Waals surface area contributed by atoms with Gasteiger partial charge >= 0.3 is 6.36 Å². The molecule has 0 saturated heterocycles. The number of Topliss-reactive ketones (excluding diaryl/α,β-unsaturated/α-hetero) is 1. The van der Waals surface area contributed by atoms with Crippen molar-refractivity contribution in [3.05, 3.63) is 94.4 Å². The molecule has 7 nitrogen and oxygen atoms in total. The molecule has 1 amide bonds. The van der Waals surface area contributed by atoms with Crippen LogP contribution in [0.25, 0.3) is 0 Å². The van der Waals surface area contributed by atoms with Crippen LogP contribution in [-0.2, 0) is 4.79 Å². The third-order valence-corrected chi connectivity index (χ3v) is 5.75. The van der Waals surface area contributed by atoms with Crippen LogP contribution in [0.2, 0.25) is 0 Å². The zero-order chi connectivity index (χ0) is 26.2. The van der Waals surface area contributed by atoms with E-state index in [9.17, 15) is 27.9 Å². The van der Waals surface area contributed by atoms with Gasteiger partial charge in [0.25, 0.3) is 5.91 Å². The highest BCUT2D eigenvalue weighted by Gasteiger charge is 2.45. The Kier molecular flexibility index (Phi) is 6.53. The van der Waals surface area contributed by atoms with Crippen molar-refractivity contribution < 1.29 is 32.6 Å². The molecule has 4 rings (SSSR count).